The molecule has 0 amide bonds. The summed E-state index contributed by atoms with van der Waals surface area (Å²) >= 11 is 0. The lowest BCUT2D eigenvalue weighted by atomic mass is 10.1. The van der Waals surface area contributed by atoms with Gasteiger partial charge in [0.15, 0.2) is 5.84 Å². The molecule has 2 heterocycles. The summed E-state index contributed by atoms with van der Waals surface area (Å²) in [5.41, 5.74) is 3.44. The maximum absolute atomic E-state index is 13.4. The lowest BCUT2D eigenvalue weighted by Gasteiger charge is -2.34. The van der Waals surface area contributed by atoms with Gasteiger partial charge in [-0.2, -0.15) is 0 Å². The molecule has 8 nitrogen and oxygen atoms in total. The van der Waals surface area contributed by atoms with E-state index in [0.717, 1.165) is 19.3 Å². The number of amidine groups is 1. The third kappa shape index (κ3) is 3.51. The Bertz CT molecular complexity index is 1190. The lowest BCUT2D eigenvalue weighted by Crippen LogP contribution is -2.36. The molecule has 1 aliphatic rings. The zero-order valence-corrected chi connectivity index (χ0v) is 17.3. The van der Waals surface area contributed by atoms with Gasteiger partial charge < -0.3 is 15.8 Å². The highest BCUT2D eigenvalue weighted by molar-refractivity contribution is 8.23. The van der Waals surface area contributed by atoms with E-state index in [2.05, 4.69) is 22.1 Å². The van der Waals surface area contributed by atoms with E-state index in [-0.39, 0.29) is 22.0 Å². The quantitative estimate of drug-likeness (QED) is 0.373. The van der Waals surface area contributed by atoms with Crippen LogP contribution in [0.5, 0.6) is 5.75 Å². The first-order valence-electron chi connectivity index (χ1n) is 9.79. The Morgan fingerprint density at radius 2 is 1.83 bits per heavy atom. The molecule has 3 aromatic rings. The largest absolute Gasteiger partial charge is 0.506 e. The van der Waals surface area contributed by atoms with E-state index in [1.54, 1.807) is 48.5 Å². The minimum atomic E-state index is -3.52. The Balaban J connectivity index is 1.88. The van der Waals surface area contributed by atoms with Gasteiger partial charge in [-0.25, -0.2) is 4.68 Å². The van der Waals surface area contributed by atoms with Crippen LogP contribution in [0.1, 0.15) is 31.7 Å². The number of rotatable bonds is 6. The average molecular weight is 429 g/mol. The Kier molecular flexibility index (Phi) is 5.42. The molecule has 0 saturated carbocycles. The van der Waals surface area contributed by atoms with E-state index in [9.17, 15) is 19.0 Å². The first-order valence-corrected chi connectivity index (χ1v) is 11.3. The van der Waals surface area contributed by atoms with E-state index >= 15 is 0 Å². The minimum Gasteiger partial charge on any atom is -0.506 e. The fourth-order valence-corrected chi connectivity index (χ4v) is 4.67. The topological polar surface area (TPSA) is 119 Å². The number of nitrogens with zero attached hydrogens (tertiary/aromatic N) is 2. The number of hydrogen-bond acceptors (Lipinski definition) is 7. The Morgan fingerprint density at radius 1 is 1.10 bits per heavy atom. The van der Waals surface area contributed by atoms with Gasteiger partial charge in [0, 0.05) is 11.9 Å². The number of pyridine rings is 1. The summed E-state index contributed by atoms with van der Waals surface area (Å²) < 4.78 is 26.4. The summed E-state index contributed by atoms with van der Waals surface area (Å²) in [5.74, 6) is -0.339. The van der Waals surface area contributed by atoms with Crippen molar-refractivity contribution in [3.05, 3.63) is 64.4 Å². The molecule has 2 aromatic carbocycles. The molecule has 1 aromatic heterocycles. The Labute approximate surface area is 175 Å². The number of benzene rings is 2. The van der Waals surface area contributed by atoms with E-state index < -0.39 is 16.3 Å². The molecule has 0 saturated heterocycles. The molecular formula is C21H24N4O4S. The average Bonchev–Trinajstić information content (AvgIpc) is 2.73. The number of fused-ring (bicyclic) bond motifs is 2. The zero-order chi connectivity index (χ0) is 21.3. The molecule has 5 N–H and O–H groups in total. The molecule has 9 heteroatoms. The predicted octanol–water partition coefficient (Wildman–Crippen LogP) is 4.34. The van der Waals surface area contributed by atoms with Gasteiger partial charge in [0.1, 0.15) is 16.2 Å². The van der Waals surface area contributed by atoms with Crippen LogP contribution >= 0.6 is 10.8 Å². The molecule has 158 valence electrons. The Hall–Kier alpha value is -3.01. The van der Waals surface area contributed by atoms with E-state index in [4.69, 9.17) is 0 Å². The van der Waals surface area contributed by atoms with Crippen LogP contribution in [0.25, 0.3) is 10.9 Å². The zero-order valence-electron chi connectivity index (χ0n) is 16.5. The summed E-state index contributed by atoms with van der Waals surface area (Å²) in [7, 11) is -3.52. The van der Waals surface area contributed by atoms with Crippen LogP contribution in [0.2, 0.25) is 0 Å². The molecule has 0 fully saturated rings. The summed E-state index contributed by atoms with van der Waals surface area (Å²) in [5, 5.41) is 14.3. The summed E-state index contributed by atoms with van der Waals surface area (Å²) in [6.07, 6.45) is 2.97. The molecule has 0 bridgehead atoms. The van der Waals surface area contributed by atoms with Crippen molar-refractivity contribution in [2.45, 2.75) is 31.1 Å². The second-order valence-corrected chi connectivity index (χ2v) is 8.74. The SMILES string of the molecule is CCCCCNn1c(=O)c(C2=NS(O)(O)c3ccccc3N2)c(O)c2ccccc21. The maximum atomic E-state index is 13.4. The number of para-hydroxylation sites is 2. The molecule has 0 aliphatic carbocycles. The van der Waals surface area contributed by atoms with Crippen LogP contribution < -0.4 is 16.3 Å². The molecule has 4 rings (SSSR count). The smallest absolute Gasteiger partial charge is 0.284 e. The first kappa shape index (κ1) is 20.3. The summed E-state index contributed by atoms with van der Waals surface area (Å²) in [4.78, 5) is 13.6. The van der Waals surface area contributed by atoms with Crippen LogP contribution in [0.15, 0.2) is 62.6 Å². The predicted molar refractivity (Wildman–Crippen MR) is 121 cm³/mol. The van der Waals surface area contributed by atoms with Crippen molar-refractivity contribution < 1.29 is 14.2 Å². The van der Waals surface area contributed by atoms with Crippen LogP contribution in [0.4, 0.5) is 5.69 Å². The van der Waals surface area contributed by atoms with Gasteiger partial charge in [0.2, 0.25) is 0 Å². The molecule has 0 radical (unpaired) electrons. The molecule has 0 spiro atoms. The minimum absolute atomic E-state index is 0.0777. The number of unbranched alkanes of at least 4 members (excludes halogenated alkanes) is 2. The standard InChI is InChI=1S/C21H24N4O4S/c1-2-3-8-13-22-25-16-11-6-4-9-14(16)19(26)18(21(25)27)20-23-15-10-5-7-12-17(15)30(28,29)24-20/h4-7,9-12,22,26,28-29H,2-3,8,13H2,1H3,(H,23,24). The summed E-state index contributed by atoms with van der Waals surface area (Å²) in [6.45, 7) is 2.68. The number of anilines is 1. The van der Waals surface area contributed by atoms with Gasteiger partial charge in [0.25, 0.3) is 5.56 Å². The van der Waals surface area contributed by atoms with Crippen LogP contribution in [0.3, 0.4) is 0 Å². The van der Waals surface area contributed by atoms with E-state index in [1.165, 1.54) is 4.68 Å². The second kappa shape index (κ2) is 8.02. The van der Waals surface area contributed by atoms with Crippen LogP contribution in [-0.4, -0.2) is 31.3 Å². The number of aromatic nitrogens is 1. The van der Waals surface area contributed by atoms with Gasteiger partial charge >= 0.3 is 0 Å². The third-order valence-corrected chi connectivity index (χ3v) is 6.38. The van der Waals surface area contributed by atoms with Gasteiger partial charge in [0.05, 0.1) is 11.2 Å². The number of hydrogen-bond donors (Lipinski definition) is 5. The monoisotopic (exact) mass is 428 g/mol. The highest BCUT2D eigenvalue weighted by atomic mass is 32.3. The van der Waals surface area contributed by atoms with Crippen molar-refractivity contribution in [3.63, 3.8) is 0 Å². The highest BCUT2D eigenvalue weighted by Crippen LogP contribution is 2.55. The van der Waals surface area contributed by atoms with Crippen molar-refractivity contribution in [1.29, 1.82) is 0 Å². The normalized spacial score (nSPS) is 15.8. The van der Waals surface area contributed by atoms with E-state index in [0.29, 0.717) is 23.1 Å². The Morgan fingerprint density at radius 3 is 2.63 bits per heavy atom. The maximum Gasteiger partial charge on any atom is 0.284 e. The van der Waals surface area contributed by atoms with E-state index in [1.807, 2.05) is 0 Å². The van der Waals surface area contributed by atoms with Crippen molar-refractivity contribution in [3.8, 4) is 5.75 Å². The third-order valence-electron chi connectivity index (χ3n) is 4.99. The second-order valence-electron chi connectivity index (χ2n) is 7.08. The van der Waals surface area contributed by atoms with Gasteiger partial charge in [-0.1, -0.05) is 54.8 Å². The van der Waals surface area contributed by atoms with Gasteiger partial charge in [-0.05, 0) is 30.7 Å². The van der Waals surface area contributed by atoms with Gasteiger partial charge in [-0.15, -0.1) is 4.40 Å². The van der Waals surface area contributed by atoms with Gasteiger partial charge in [-0.3, -0.25) is 13.9 Å². The van der Waals surface area contributed by atoms with Crippen LogP contribution in [0, 0.1) is 0 Å². The van der Waals surface area contributed by atoms with Crippen LogP contribution in [-0.2, 0) is 0 Å². The van der Waals surface area contributed by atoms with Crippen molar-refractivity contribution >= 4 is 33.2 Å². The number of aromatic hydroxyl groups is 1. The molecule has 30 heavy (non-hydrogen) atoms. The first-order chi connectivity index (χ1) is 14.4. The molecule has 1 aliphatic heterocycles. The highest BCUT2D eigenvalue weighted by Gasteiger charge is 2.30. The number of nitrogens with one attached hydrogen (secondary N) is 2. The summed E-state index contributed by atoms with van der Waals surface area (Å²) in [6, 6.07) is 13.6. The van der Waals surface area contributed by atoms with Crippen molar-refractivity contribution in [2.24, 2.45) is 4.40 Å². The molecule has 0 unspecified atom stereocenters. The lowest BCUT2D eigenvalue weighted by molar-refractivity contribution is 0.478. The fraction of sp³-hybridized carbons (Fsp3) is 0.238. The van der Waals surface area contributed by atoms with Crippen molar-refractivity contribution in [2.75, 3.05) is 17.3 Å². The van der Waals surface area contributed by atoms with Crippen molar-refractivity contribution in [1.82, 2.24) is 4.68 Å². The molecular weight excluding hydrogens is 404 g/mol. The molecule has 0 atom stereocenters. The fourth-order valence-electron chi connectivity index (χ4n) is 3.51.